The summed E-state index contributed by atoms with van der Waals surface area (Å²) in [6.07, 6.45) is 4.04. The molecule has 1 atom stereocenters. The summed E-state index contributed by atoms with van der Waals surface area (Å²) in [5.74, 6) is -2.39. The number of hydrogen-bond acceptors (Lipinski definition) is 6. The molecule has 13 heteroatoms. The highest BCUT2D eigenvalue weighted by atomic mass is 32.2. The Kier molecular flexibility index (Phi) is 9.00. The molecule has 0 aliphatic heterocycles. The molecule has 222 valence electrons. The van der Waals surface area contributed by atoms with Gasteiger partial charge in [-0.3, -0.25) is 0 Å². The molecular weight excluding hydrogens is 583 g/mol. The summed E-state index contributed by atoms with van der Waals surface area (Å²) < 4.78 is 100. The Bertz CT molecular complexity index is 1620. The van der Waals surface area contributed by atoms with Gasteiger partial charge in [0, 0.05) is 24.2 Å². The third-order valence-electron chi connectivity index (χ3n) is 6.76. The lowest BCUT2D eigenvalue weighted by molar-refractivity contribution is -0.605. The van der Waals surface area contributed by atoms with E-state index in [2.05, 4.69) is 14.5 Å². The normalized spacial score (nSPS) is 12.9. The van der Waals surface area contributed by atoms with Crippen LogP contribution in [0.5, 0.6) is 11.5 Å². The molecule has 0 saturated heterocycles. The van der Waals surface area contributed by atoms with Gasteiger partial charge in [-0.15, -0.1) is 0 Å². The Morgan fingerprint density at radius 1 is 0.857 bits per heavy atom. The minimum atomic E-state index is -4.07. The van der Waals surface area contributed by atoms with Gasteiger partial charge in [-0.25, -0.2) is 17.8 Å². The van der Waals surface area contributed by atoms with Crippen LogP contribution < -0.4 is 14.2 Å². The molecule has 2 heterocycles. The number of aromatic nitrogens is 2. The van der Waals surface area contributed by atoms with Crippen molar-refractivity contribution in [3.8, 4) is 11.5 Å². The van der Waals surface area contributed by atoms with Crippen LogP contribution in [-0.2, 0) is 21.0 Å². The van der Waals surface area contributed by atoms with Gasteiger partial charge < -0.3 is 14.7 Å². The lowest BCUT2D eigenvalue weighted by atomic mass is 9.87. The average Bonchev–Trinajstić information content (AvgIpc) is 2.93. The SMILES string of the molecule is CC(C)(c1ccc(F)cc1)S(=O)(=O)c1ccc(C(Cc2cc[n+]([O-])cc2)c2ccc(OC(F)F)c(OC(F)F)c2)cn1. The van der Waals surface area contributed by atoms with E-state index < -0.39 is 51.0 Å². The van der Waals surface area contributed by atoms with Gasteiger partial charge in [-0.1, -0.05) is 24.3 Å². The molecule has 0 radical (unpaired) electrons. The maximum atomic E-state index is 13.5. The van der Waals surface area contributed by atoms with Gasteiger partial charge in [0.05, 0.1) is 4.75 Å². The molecule has 4 aromatic rings. The van der Waals surface area contributed by atoms with Crippen LogP contribution in [0.2, 0.25) is 0 Å². The number of halogens is 5. The molecule has 42 heavy (non-hydrogen) atoms. The molecule has 0 fully saturated rings. The van der Waals surface area contributed by atoms with Crippen molar-refractivity contribution < 1.29 is 44.6 Å². The zero-order valence-corrected chi connectivity index (χ0v) is 23.1. The minimum Gasteiger partial charge on any atom is -0.619 e. The first-order valence-electron chi connectivity index (χ1n) is 12.5. The first-order valence-corrected chi connectivity index (χ1v) is 13.9. The molecular formula is C29H25F5N2O5S. The lowest BCUT2D eigenvalue weighted by Gasteiger charge is -2.25. The van der Waals surface area contributed by atoms with E-state index in [9.17, 15) is 35.6 Å². The first kappa shape index (κ1) is 30.7. The maximum absolute atomic E-state index is 13.5. The molecule has 0 amide bonds. The Morgan fingerprint density at radius 3 is 2.02 bits per heavy atom. The predicted molar refractivity (Wildman–Crippen MR) is 142 cm³/mol. The molecule has 2 aromatic carbocycles. The zero-order chi connectivity index (χ0) is 30.7. The third kappa shape index (κ3) is 6.78. The van der Waals surface area contributed by atoms with Crippen molar-refractivity contribution in [3.05, 3.63) is 119 Å². The average molecular weight is 609 g/mol. The van der Waals surface area contributed by atoms with Gasteiger partial charge in [0.15, 0.2) is 28.9 Å². The van der Waals surface area contributed by atoms with Crippen molar-refractivity contribution >= 4 is 9.84 Å². The molecule has 0 spiro atoms. The minimum absolute atomic E-state index is 0.193. The molecule has 4 rings (SSSR count). The van der Waals surface area contributed by atoms with Crippen molar-refractivity contribution in [1.82, 2.24) is 4.98 Å². The van der Waals surface area contributed by atoms with Gasteiger partial charge in [0.1, 0.15) is 5.82 Å². The number of rotatable bonds is 11. The van der Waals surface area contributed by atoms with Gasteiger partial charge in [0.2, 0.25) is 9.84 Å². The Labute approximate surface area is 238 Å². The van der Waals surface area contributed by atoms with Crippen molar-refractivity contribution in [2.45, 2.75) is 49.2 Å². The summed E-state index contributed by atoms with van der Waals surface area (Å²) in [5, 5.41) is 11.3. The number of sulfone groups is 1. The van der Waals surface area contributed by atoms with Crippen LogP contribution >= 0.6 is 0 Å². The van der Waals surface area contributed by atoms with Crippen LogP contribution in [-0.4, -0.2) is 26.6 Å². The lowest BCUT2D eigenvalue weighted by Crippen LogP contribution is -2.30. The first-order chi connectivity index (χ1) is 19.8. The quantitative estimate of drug-likeness (QED) is 0.115. The summed E-state index contributed by atoms with van der Waals surface area (Å²) >= 11 is 0. The molecule has 0 bridgehead atoms. The van der Waals surface area contributed by atoms with Gasteiger partial charge in [-0.2, -0.15) is 22.3 Å². The molecule has 7 nitrogen and oxygen atoms in total. The van der Waals surface area contributed by atoms with E-state index in [0.717, 1.165) is 24.3 Å². The number of pyridine rings is 2. The standard InChI is InChI=1S/C29H25F5N2O5S/c1-29(2,21-5-7-22(30)8-6-21)42(38,39)26-10-4-20(17-35-26)23(15-18-11-13-36(37)14-12-18)19-3-9-24(40-27(31)32)25(16-19)41-28(33)34/h3-14,16-17,23,27-28H,15H2,1-2H3. The van der Waals surface area contributed by atoms with Crippen LogP contribution in [0.15, 0.2) is 90.3 Å². The second-order valence-electron chi connectivity index (χ2n) is 9.74. The molecule has 0 N–H and O–H groups in total. The van der Waals surface area contributed by atoms with Crippen molar-refractivity contribution in [3.63, 3.8) is 0 Å². The second kappa shape index (κ2) is 12.3. The van der Waals surface area contributed by atoms with Crippen LogP contribution in [0, 0.1) is 11.0 Å². The Balaban J connectivity index is 1.75. The second-order valence-corrected chi connectivity index (χ2v) is 12.2. The van der Waals surface area contributed by atoms with Crippen molar-refractivity contribution in [2.24, 2.45) is 0 Å². The molecule has 0 saturated carbocycles. The largest absolute Gasteiger partial charge is 0.619 e. The number of hydrogen-bond donors (Lipinski definition) is 0. The van der Waals surface area contributed by atoms with E-state index in [4.69, 9.17) is 0 Å². The fourth-order valence-electron chi connectivity index (χ4n) is 4.39. The van der Waals surface area contributed by atoms with Crippen molar-refractivity contribution in [1.29, 1.82) is 0 Å². The van der Waals surface area contributed by atoms with E-state index in [-0.39, 0.29) is 11.4 Å². The molecule has 2 aromatic heterocycles. The van der Waals surface area contributed by atoms with Crippen LogP contribution in [0.3, 0.4) is 0 Å². The van der Waals surface area contributed by atoms with Crippen LogP contribution in [0.25, 0.3) is 0 Å². The van der Waals surface area contributed by atoms with E-state index in [1.807, 2.05) is 0 Å². The zero-order valence-electron chi connectivity index (χ0n) is 22.3. The predicted octanol–water partition coefficient (Wildman–Crippen LogP) is 6.14. The summed E-state index contributed by atoms with van der Waals surface area (Å²) in [6.45, 7) is -3.66. The number of ether oxygens (including phenoxy) is 2. The summed E-state index contributed by atoms with van der Waals surface area (Å²) in [4.78, 5) is 4.20. The Morgan fingerprint density at radius 2 is 1.45 bits per heavy atom. The van der Waals surface area contributed by atoms with E-state index in [0.29, 0.717) is 27.0 Å². The number of alkyl halides is 4. The third-order valence-corrected chi connectivity index (χ3v) is 9.13. The monoisotopic (exact) mass is 608 g/mol. The van der Waals surface area contributed by atoms with Crippen LogP contribution in [0.4, 0.5) is 22.0 Å². The fourth-order valence-corrected chi connectivity index (χ4v) is 5.80. The van der Waals surface area contributed by atoms with Gasteiger partial charge in [0.25, 0.3) is 0 Å². The summed E-state index contributed by atoms with van der Waals surface area (Å²) in [6, 6.07) is 14.6. The van der Waals surface area contributed by atoms with Crippen LogP contribution in [0.1, 0.15) is 42.0 Å². The summed E-state index contributed by atoms with van der Waals surface area (Å²) in [5.41, 5.74) is 1.81. The highest BCUT2D eigenvalue weighted by Crippen LogP contribution is 2.38. The van der Waals surface area contributed by atoms with E-state index >= 15 is 0 Å². The smallest absolute Gasteiger partial charge is 0.387 e. The highest BCUT2D eigenvalue weighted by molar-refractivity contribution is 7.92. The Hall–Kier alpha value is -4.26. The maximum Gasteiger partial charge on any atom is 0.387 e. The molecule has 0 aliphatic rings. The topological polar surface area (TPSA) is 92.4 Å². The number of benzene rings is 2. The fraction of sp³-hybridized carbons (Fsp3) is 0.241. The highest BCUT2D eigenvalue weighted by Gasteiger charge is 2.38. The van der Waals surface area contributed by atoms with Crippen molar-refractivity contribution in [2.75, 3.05) is 0 Å². The van der Waals surface area contributed by atoms with Gasteiger partial charge >= 0.3 is 13.2 Å². The molecule has 0 aliphatic carbocycles. The van der Waals surface area contributed by atoms with E-state index in [1.54, 1.807) is 12.1 Å². The summed E-state index contributed by atoms with van der Waals surface area (Å²) in [7, 11) is -4.07. The van der Waals surface area contributed by atoms with E-state index in [1.165, 1.54) is 62.8 Å². The van der Waals surface area contributed by atoms with Gasteiger partial charge in [-0.05, 0) is 72.9 Å². The number of nitrogens with zero attached hydrogens (tertiary/aromatic N) is 2. The molecule has 1 unspecified atom stereocenters.